The summed E-state index contributed by atoms with van der Waals surface area (Å²) >= 11 is 0. The van der Waals surface area contributed by atoms with E-state index in [4.69, 9.17) is 9.47 Å². The molecule has 0 atom stereocenters. The van der Waals surface area contributed by atoms with E-state index in [0.717, 1.165) is 30.4 Å². The number of pyridine rings is 1. The standard InChI is InChI=1S/C19H26N4O2/c1-3-21-19(23-13-14-25-18-5-4-11-20-15-18)22-12-10-16-6-8-17(24-2)9-7-16/h4-9,11,15H,3,10,12-14H2,1-2H3,(H2,21,22,23). The molecular weight excluding hydrogens is 316 g/mol. The van der Waals surface area contributed by atoms with Gasteiger partial charge in [-0.25, -0.2) is 0 Å². The molecular formula is C19H26N4O2. The topological polar surface area (TPSA) is 67.8 Å². The summed E-state index contributed by atoms with van der Waals surface area (Å²) in [6.07, 6.45) is 4.31. The van der Waals surface area contributed by atoms with E-state index in [1.54, 1.807) is 19.5 Å². The van der Waals surface area contributed by atoms with Crippen LogP contribution in [0.15, 0.2) is 53.8 Å². The molecule has 0 unspecified atom stereocenters. The van der Waals surface area contributed by atoms with Crippen molar-refractivity contribution in [3.8, 4) is 11.5 Å². The number of methoxy groups -OCH3 is 1. The normalized spacial score (nSPS) is 11.0. The molecule has 1 aromatic heterocycles. The van der Waals surface area contributed by atoms with Crippen LogP contribution in [0.1, 0.15) is 12.5 Å². The molecule has 6 heteroatoms. The van der Waals surface area contributed by atoms with Gasteiger partial charge >= 0.3 is 0 Å². The van der Waals surface area contributed by atoms with Gasteiger partial charge in [0.2, 0.25) is 0 Å². The van der Waals surface area contributed by atoms with Crippen molar-refractivity contribution in [2.45, 2.75) is 13.3 Å². The maximum Gasteiger partial charge on any atom is 0.191 e. The molecule has 0 saturated carbocycles. The lowest BCUT2D eigenvalue weighted by molar-refractivity contribution is 0.320. The van der Waals surface area contributed by atoms with E-state index in [1.165, 1.54) is 5.56 Å². The van der Waals surface area contributed by atoms with Gasteiger partial charge in [-0.05, 0) is 43.2 Å². The number of ether oxygens (including phenoxy) is 2. The number of benzene rings is 1. The Labute approximate surface area is 149 Å². The molecule has 2 N–H and O–H groups in total. The molecule has 1 heterocycles. The molecule has 0 bridgehead atoms. The lowest BCUT2D eigenvalue weighted by atomic mass is 10.1. The second kappa shape index (κ2) is 10.9. The number of aromatic nitrogens is 1. The van der Waals surface area contributed by atoms with Gasteiger partial charge in [-0.3, -0.25) is 9.98 Å². The van der Waals surface area contributed by atoms with Crippen LogP contribution in [-0.4, -0.2) is 44.3 Å². The monoisotopic (exact) mass is 342 g/mol. The molecule has 0 saturated heterocycles. The lowest BCUT2D eigenvalue weighted by Gasteiger charge is -2.12. The number of guanidine groups is 1. The van der Waals surface area contributed by atoms with Crippen LogP contribution in [0.25, 0.3) is 0 Å². The van der Waals surface area contributed by atoms with Crippen LogP contribution in [0.2, 0.25) is 0 Å². The summed E-state index contributed by atoms with van der Waals surface area (Å²) in [5, 5.41) is 6.51. The highest BCUT2D eigenvalue weighted by molar-refractivity contribution is 5.79. The van der Waals surface area contributed by atoms with Gasteiger partial charge in [0.1, 0.15) is 18.1 Å². The maximum atomic E-state index is 5.61. The van der Waals surface area contributed by atoms with Gasteiger partial charge in [-0.15, -0.1) is 0 Å². The van der Waals surface area contributed by atoms with Crippen LogP contribution in [0.3, 0.4) is 0 Å². The molecule has 0 fully saturated rings. The molecule has 25 heavy (non-hydrogen) atoms. The van der Waals surface area contributed by atoms with Crippen molar-refractivity contribution in [3.63, 3.8) is 0 Å². The molecule has 1 aromatic carbocycles. The molecule has 0 spiro atoms. The summed E-state index contributed by atoms with van der Waals surface area (Å²) in [6, 6.07) is 11.8. The van der Waals surface area contributed by atoms with E-state index in [0.29, 0.717) is 19.7 Å². The zero-order valence-electron chi connectivity index (χ0n) is 14.9. The van der Waals surface area contributed by atoms with Crippen LogP contribution in [0.4, 0.5) is 0 Å². The summed E-state index contributed by atoms with van der Waals surface area (Å²) in [5.41, 5.74) is 1.24. The fourth-order valence-corrected chi connectivity index (χ4v) is 2.20. The maximum absolute atomic E-state index is 5.61. The zero-order chi connectivity index (χ0) is 17.7. The molecule has 6 nitrogen and oxygen atoms in total. The largest absolute Gasteiger partial charge is 0.497 e. The van der Waals surface area contributed by atoms with Crippen LogP contribution < -0.4 is 20.1 Å². The summed E-state index contributed by atoms with van der Waals surface area (Å²) in [7, 11) is 1.67. The third-order valence-corrected chi connectivity index (χ3v) is 3.47. The van der Waals surface area contributed by atoms with Gasteiger partial charge in [0, 0.05) is 19.3 Å². The van der Waals surface area contributed by atoms with Gasteiger partial charge < -0.3 is 20.1 Å². The average Bonchev–Trinajstić information content (AvgIpc) is 2.66. The van der Waals surface area contributed by atoms with Crippen molar-refractivity contribution in [1.82, 2.24) is 15.6 Å². The Kier molecular flexibility index (Phi) is 8.11. The molecule has 2 aromatic rings. The van der Waals surface area contributed by atoms with E-state index >= 15 is 0 Å². The number of hydrogen-bond donors (Lipinski definition) is 2. The van der Waals surface area contributed by atoms with Crippen molar-refractivity contribution >= 4 is 5.96 Å². The third-order valence-electron chi connectivity index (χ3n) is 3.47. The molecule has 0 amide bonds. The Morgan fingerprint density at radius 2 is 1.96 bits per heavy atom. The van der Waals surface area contributed by atoms with Gasteiger partial charge in [-0.2, -0.15) is 0 Å². The first-order chi connectivity index (χ1) is 12.3. The molecule has 2 rings (SSSR count). The van der Waals surface area contributed by atoms with Gasteiger partial charge in [0.15, 0.2) is 5.96 Å². The number of nitrogens with zero attached hydrogens (tertiary/aromatic N) is 2. The second-order valence-electron chi connectivity index (χ2n) is 5.32. The molecule has 0 aliphatic rings. The van der Waals surface area contributed by atoms with Crippen LogP contribution >= 0.6 is 0 Å². The van der Waals surface area contributed by atoms with E-state index in [-0.39, 0.29) is 0 Å². The summed E-state index contributed by atoms with van der Waals surface area (Å²) in [4.78, 5) is 8.61. The Bertz CT molecular complexity index is 630. The number of hydrogen-bond acceptors (Lipinski definition) is 4. The summed E-state index contributed by atoms with van der Waals surface area (Å²) in [6.45, 7) is 4.80. The third kappa shape index (κ3) is 7.12. The van der Waals surface area contributed by atoms with Crippen molar-refractivity contribution in [2.24, 2.45) is 4.99 Å². The van der Waals surface area contributed by atoms with Gasteiger partial charge in [0.05, 0.1) is 19.9 Å². The Balaban J connectivity index is 1.73. The quantitative estimate of drug-likeness (QED) is 0.416. The first kappa shape index (κ1) is 18.6. The van der Waals surface area contributed by atoms with E-state index in [1.807, 2.05) is 31.2 Å². The fourth-order valence-electron chi connectivity index (χ4n) is 2.20. The number of rotatable bonds is 9. The van der Waals surface area contributed by atoms with Crippen LogP contribution in [0, 0.1) is 0 Å². The minimum absolute atomic E-state index is 0.550. The number of nitrogens with one attached hydrogen (secondary N) is 2. The van der Waals surface area contributed by atoms with Crippen LogP contribution in [-0.2, 0) is 6.42 Å². The van der Waals surface area contributed by atoms with Crippen molar-refractivity contribution in [2.75, 3.05) is 33.4 Å². The molecule has 0 aliphatic heterocycles. The minimum Gasteiger partial charge on any atom is -0.497 e. The highest BCUT2D eigenvalue weighted by Crippen LogP contribution is 2.11. The highest BCUT2D eigenvalue weighted by Gasteiger charge is 1.99. The zero-order valence-corrected chi connectivity index (χ0v) is 14.9. The van der Waals surface area contributed by atoms with E-state index in [2.05, 4.69) is 32.7 Å². The fraction of sp³-hybridized carbons (Fsp3) is 0.368. The molecule has 134 valence electrons. The minimum atomic E-state index is 0.550. The molecule has 0 aliphatic carbocycles. The van der Waals surface area contributed by atoms with Gasteiger partial charge in [0.25, 0.3) is 0 Å². The van der Waals surface area contributed by atoms with Gasteiger partial charge in [-0.1, -0.05) is 12.1 Å². The summed E-state index contributed by atoms with van der Waals surface area (Å²) in [5.74, 6) is 2.44. The SMILES string of the molecule is CCNC(=NCCc1ccc(OC)cc1)NCCOc1cccnc1. The second-order valence-corrected chi connectivity index (χ2v) is 5.32. The smallest absolute Gasteiger partial charge is 0.191 e. The first-order valence-corrected chi connectivity index (χ1v) is 8.49. The predicted molar refractivity (Wildman–Crippen MR) is 100 cm³/mol. The highest BCUT2D eigenvalue weighted by atomic mass is 16.5. The number of aliphatic imine (C=N–C) groups is 1. The first-order valence-electron chi connectivity index (χ1n) is 8.49. The van der Waals surface area contributed by atoms with Crippen molar-refractivity contribution in [3.05, 3.63) is 54.4 Å². The van der Waals surface area contributed by atoms with Crippen LogP contribution in [0.5, 0.6) is 11.5 Å². The van der Waals surface area contributed by atoms with Crippen molar-refractivity contribution in [1.29, 1.82) is 0 Å². The Morgan fingerprint density at radius 1 is 1.12 bits per heavy atom. The molecule has 0 radical (unpaired) electrons. The Morgan fingerprint density at radius 3 is 2.64 bits per heavy atom. The van der Waals surface area contributed by atoms with E-state index in [9.17, 15) is 0 Å². The van der Waals surface area contributed by atoms with E-state index < -0.39 is 0 Å². The average molecular weight is 342 g/mol. The Hall–Kier alpha value is -2.76. The summed E-state index contributed by atoms with van der Waals surface area (Å²) < 4.78 is 10.8. The lowest BCUT2D eigenvalue weighted by Crippen LogP contribution is -2.39. The predicted octanol–water partition coefficient (Wildman–Crippen LogP) is 2.27. The van der Waals surface area contributed by atoms with Crippen molar-refractivity contribution < 1.29 is 9.47 Å².